The third-order valence-corrected chi connectivity index (χ3v) is 5.98. The highest BCUT2D eigenvalue weighted by atomic mass is 35.5. The number of nitrogens with two attached hydrogens (primary N) is 1. The van der Waals surface area contributed by atoms with Crippen LogP contribution in [0.4, 0.5) is 0 Å². The Morgan fingerprint density at radius 1 is 1.44 bits per heavy atom. The van der Waals surface area contributed by atoms with Crippen LogP contribution >= 0.6 is 11.6 Å². The second-order valence-electron chi connectivity index (χ2n) is 5.97. The molecule has 0 amide bonds. The molecule has 1 fully saturated rings. The highest BCUT2D eigenvalue weighted by Gasteiger charge is 2.39. The van der Waals surface area contributed by atoms with Crippen LogP contribution in [-0.4, -0.2) is 38.8 Å². The van der Waals surface area contributed by atoms with Gasteiger partial charge in [-0.3, -0.25) is 0 Å². The Kier molecular flexibility index (Phi) is 5.12. The van der Waals surface area contributed by atoms with E-state index in [1.165, 1.54) is 25.3 Å². The molecule has 1 aromatic heterocycles. The molecule has 1 aliphatic carbocycles. The van der Waals surface area contributed by atoms with Gasteiger partial charge in [0.1, 0.15) is 0 Å². The van der Waals surface area contributed by atoms with Crippen molar-refractivity contribution in [2.75, 3.05) is 20.3 Å². The van der Waals surface area contributed by atoms with Crippen molar-refractivity contribution in [3.63, 3.8) is 0 Å². The summed E-state index contributed by atoms with van der Waals surface area (Å²) >= 11 is 6.18. The van der Waals surface area contributed by atoms with E-state index in [2.05, 4.69) is 14.9 Å². The van der Waals surface area contributed by atoms with Crippen LogP contribution in [-0.2, 0) is 20.3 Å². The molecule has 8 nitrogen and oxygen atoms in total. The first-order chi connectivity index (χ1) is 11.9. The lowest BCUT2D eigenvalue weighted by Gasteiger charge is -2.34. The lowest BCUT2D eigenvalue weighted by molar-refractivity contribution is 0.204. The number of nitrogens with zero attached hydrogens (tertiary/aromatic N) is 2. The summed E-state index contributed by atoms with van der Waals surface area (Å²) in [7, 11) is -2.20. The standard InChI is InChI=1S/C15H19ClN4O4S/c1-23-8-7-18-25(21,22)10-3-4-12(16)11(9-10)13-19-14(20-24-13)15(17)5-2-6-15/h3-4,9,18H,2,5-8,17H2,1H3. The smallest absolute Gasteiger partial charge is 0.259 e. The largest absolute Gasteiger partial charge is 0.383 e. The third-order valence-electron chi connectivity index (χ3n) is 4.19. The van der Waals surface area contributed by atoms with Crippen molar-refractivity contribution >= 4 is 21.6 Å². The predicted octanol–water partition coefficient (Wildman–Crippen LogP) is 1.65. The molecule has 0 atom stereocenters. The minimum Gasteiger partial charge on any atom is -0.383 e. The second-order valence-corrected chi connectivity index (χ2v) is 8.14. The summed E-state index contributed by atoms with van der Waals surface area (Å²) < 4.78 is 37.2. The van der Waals surface area contributed by atoms with Gasteiger partial charge in [0.05, 0.1) is 27.6 Å². The van der Waals surface area contributed by atoms with Crippen molar-refractivity contribution in [2.45, 2.75) is 29.7 Å². The molecule has 1 aromatic carbocycles. The maximum absolute atomic E-state index is 12.3. The van der Waals surface area contributed by atoms with Gasteiger partial charge in [-0.25, -0.2) is 13.1 Å². The van der Waals surface area contributed by atoms with Crippen LogP contribution in [0.1, 0.15) is 25.1 Å². The Morgan fingerprint density at radius 2 is 2.20 bits per heavy atom. The van der Waals surface area contributed by atoms with Gasteiger partial charge in [0.25, 0.3) is 5.89 Å². The summed E-state index contributed by atoms with van der Waals surface area (Å²) in [5.74, 6) is 0.557. The minimum absolute atomic E-state index is 0.0499. The molecular weight excluding hydrogens is 368 g/mol. The van der Waals surface area contributed by atoms with E-state index in [1.54, 1.807) is 0 Å². The molecule has 0 unspecified atom stereocenters. The van der Waals surface area contributed by atoms with Crippen molar-refractivity contribution in [1.29, 1.82) is 0 Å². The molecule has 0 bridgehead atoms. The molecule has 3 rings (SSSR count). The zero-order valence-electron chi connectivity index (χ0n) is 13.7. The van der Waals surface area contributed by atoms with Crippen LogP contribution in [0.5, 0.6) is 0 Å². The molecule has 0 radical (unpaired) electrons. The van der Waals surface area contributed by atoms with Crippen LogP contribution in [0, 0.1) is 0 Å². The summed E-state index contributed by atoms with van der Waals surface area (Å²) in [6, 6.07) is 4.29. The van der Waals surface area contributed by atoms with Crippen molar-refractivity contribution in [2.24, 2.45) is 5.73 Å². The van der Waals surface area contributed by atoms with Crippen molar-refractivity contribution in [3.05, 3.63) is 29.0 Å². The van der Waals surface area contributed by atoms with Gasteiger partial charge in [-0.2, -0.15) is 4.98 Å². The Bertz CT molecular complexity index is 864. The molecule has 2 aromatic rings. The number of hydrogen-bond acceptors (Lipinski definition) is 7. The molecule has 136 valence electrons. The Balaban J connectivity index is 1.90. The van der Waals surface area contributed by atoms with Crippen molar-refractivity contribution in [3.8, 4) is 11.5 Å². The zero-order chi connectivity index (χ0) is 18.1. The topological polar surface area (TPSA) is 120 Å². The fraction of sp³-hybridized carbons (Fsp3) is 0.467. The highest BCUT2D eigenvalue weighted by Crippen LogP contribution is 2.38. The molecule has 0 saturated heterocycles. The maximum Gasteiger partial charge on any atom is 0.259 e. The molecular formula is C15H19ClN4O4S. The fourth-order valence-electron chi connectivity index (χ4n) is 2.51. The first-order valence-corrected chi connectivity index (χ1v) is 9.63. The van der Waals surface area contributed by atoms with Gasteiger partial charge < -0.3 is 15.0 Å². The number of benzene rings is 1. The number of hydrogen-bond donors (Lipinski definition) is 2. The Morgan fingerprint density at radius 3 is 2.84 bits per heavy atom. The monoisotopic (exact) mass is 386 g/mol. The van der Waals surface area contributed by atoms with E-state index in [-0.39, 0.29) is 23.9 Å². The van der Waals surface area contributed by atoms with Gasteiger partial charge in [-0.05, 0) is 37.5 Å². The van der Waals surface area contributed by atoms with E-state index in [1.807, 2.05) is 0 Å². The number of aromatic nitrogens is 2. The Labute approximate surface area is 150 Å². The highest BCUT2D eigenvalue weighted by molar-refractivity contribution is 7.89. The van der Waals surface area contributed by atoms with Crippen LogP contribution in [0.2, 0.25) is 5.02 Å². The van der Waals surface area contributed by atoms with E-state index in [9.17, 15) is 8.42 Å². The van der Waals surface area contributed by atoms with E-state index in [0.29, 0.717) is 16.4 Å². The summed E-state index contributed by atoms with van der Waals surface area (Å²) in [5, 5.41) is 4.24. The third kappa shape index (κ3) is 3.70. The SMILES string of the molecule is COCCNS(=O)(=O)c1ccc(Cl)c(-c2nc(C3(N)CCC3)no2)c1. The summed E-state index contributed by atoms with van der Waals surface area (Å²) in [4.78, 5) is 4.36. The summed E-state index contributed by atoms with van der Waals surface area (Å²) in [5.41, 5.74) is 5.96. The van der Waals surface area contributed by atoms with Gasteiger partial charge in [0, 0.05) is 13.7 Å². The molecule has 3 N–H and O–H groups in total. The molecule has 0 spiro atoms. The first kappa shape index (κ1) is 18.3. The number of sulfonamides is 1. The van der Waals surface area contributed by atoms with E-state index >= 15 is 0 Å². The van der Waals surface area contributed by atoms with Crippen LogP contribution in [0.25, 0.3) is 11.5 Å². The van der Waals surface area contributed by atoms with Crippen LogP contribution in [0.3, 0.4) is 0 Å². The molecule has 1 heterocycles. The van der Waals surface area contributed by atoms with Crippen molar-refractivity contribution in [1.82, 2.24) is 14.9 Å². The van der Waals surface area contributed by atoms with Gasteiger partial charge in [-0.1, -0.05) is 16.8 Å². The summed E-state index contributed by atoms with van der Waals surface area (Å²) in [6.07, 6.45) is 2.59. The van der Waals surface area contributed by atoms with Gasteiger partial charge in [0.15, 0.2) is 5.82 Å². The number of rotatable bonds is 7. The molecule has 0 aliphatic heterocycles. The average molecular weight is 387 g/mol. The number of ether oxygens (including phenoxy) is 1. The molecule has 1 aliphatic rings. The van der Waals surface area contributed by atoms with Crippen LogP contribution < -0.4 is 10.5 Å². The number of methoxy groups -OCH3 is 1. The van der Waals surface area contributed by atoms with Gasteiger partial charge in [-0.15, -0.1) is 0 Å². The lowest BCUT2D eigenvalue weighted by atomic mass is 9.77. The predicted molar refractivity (Wildman–Crippen MR) is 91.5 cm³/mol. The van der Waals surface area contributed by atoms with E-state index in [4.69, 9.17) is 26.6 Å². The molecule has 10 heteroatoms. The van der Waals surface area contributed by atoms with E-state index in [0.717, 1.165) is 19.3 Å². The zero-order valence-corrected chi connectivity index (χ0v) is 15.2. The number of halogens is 1. The molecule has 25 heavy (non-hydrogen) atoms. The second kappa shape index (κ2) is 7.00. The fourth-order valence-corrected chi connectivity index (χ4v) is 3.75. The normalized spacial score (nSPS) is 16.6. The van der Waals surface area contributed by atoms with E-state index < -0.39 is 15.6 Å². The quantitative estimate of drug-likeness (QED) is 0.694. The molecule has 1 saturated carbocycles. The first-order valence-electron chi connectivity index (χ1n) is 7.77. The summed E-state index contributed by atoms with van der Waals surface area (Å²) in [6.45, 7) is 0.433. The number of nitrogens with one attached hydrogen (secondary N) is 1. The van der Waals surface area contributed by atoms with Crippen molar-refractivity contribution < 1.29 is 17.7 Å². The lowest BCUT2D eigenvalue weighted by Crippen LogP contribution is -2.44. The van der Waals surface area contributed by atoms with Gasteiger partial charge >= 0.3 is 0 Å². The average Bonchev–Trinajstić information content (AvgIpc) is 3.03. The van der Waals surface area contributed by atoms with Crippen LogP contribution in [0.15, 0.2) is 27.6 Å². The Hall–Kier alpha value is -1.52. The minimum atomic E-state index is -3.70. The maximum atomic E-state index is 12.3. The van der Waals surface area contributed by atoms with Gasteiger partial charge in [0.2, 0.25) is 10.0 Å².